The lowest BCUT2D eigenvalue weighted by atomic mass is 9.84. The monoisotopic (exact) mass is 277 g/mol. The molecule has 0 heterocycles. The third-order valence-electron chi connectivity index (χ3n) is 4.55. The highest BCUT2D eigenvalue weighted by Crippen LogP contribution is 2.37. The number of hydrogen-bond donors (Lipinski definition) is 1. The quantitative estimate of drug-likeness (QED) is 0.518. The van der Waals surface area contributed by atoms with E-state index in [4.69, 9.17) is 5.73 Å². The van der Waals surface area contributed by atoms with Crippen LogP contribution in [0.15, 0.2) is 18.2 Å². The molecule has 2 N–H and O–H groups in total. The van der Waals surface area contributed by atoms with Gasteiger partial charge in [-0.25, -0.2) is 0 Å². The van der Waals surface area contributed by atoms with E-state index in [9.17, 15) is 10.1 Å². The molecular formula is C15H23N3O2. The van der Waals surface area contributed by atoms with E-state index in [-0.39, 0.29) is 16.3 Å². The summed E-state index contributed by atoms with van der Waals surface area (Å²) in [6.07, 6.45) is 5.85. The van der Waals surface area contributed by atoms with Gasteiger partial charge in [0.2, 0.25) is 0 Å². The number of benzene rings is 1. The Bertz CT molecular complexity index is 482. The first-order chi connectivity index (χ1) is 9.54. The summed E-state index contributed by atoms with van der Waals surface area (Å²) in [5.41, 5.74) is 6.67. The molecule has 1 aromatic rings. The number of nitrogens with zero attached hydrogens (tertiary/aromatic N) is 2. The molecule has 1 aliphatic carbocycles. The Kier molecular flexibility index (Phi) is 4.47. The third-order valence-corrected chi connectivity index (χ3v) is 4.55. The van der Waals surface area contributed by atoms with Crippen LogP contribution in [0.2, 0.25) is 0 Å². The maximum Gasteiger partial charge on any atom is 0.315 e. The summed E-state index contributed by atoms with van der Waals surface area (Å²) in [6, 6.07) is 5.54. The summed E-state index contributed by atoms with van der Waals surface area (Å²) in [6.45, 7) is 2.23. The molecule has 0 unspecified atom stereocenters. The second kappa shape index (κ2) is 6.11. The Labute approximate surface area is 119 Å². The van der Waals surface area contributed by atoms with Crippen molar-refractivity contribution in [2.75, 3.05) is 17.7 Å². The fraction of sp³-hybridized carbons (Fsp3) is 0.600. The minimum absolute atomic E-state index is 0.0348. The molecule has 110 valence electrons. The van der Waals surface area contributed by atoms with Gasteiger partial charge in [-0.2, -0.15) is 0 Å². The highest BCUT2D eigenvalue weighted by Gasteiger charge is 2.28. The van der Waals surface area contributed by atoms with E-state index in [1.54, 1.807) is 18.2 Å². The van der Waals surface area contributed by atoms with Crippen molar-refractivity contribution >= 4 is 17.1 Å². The Balaban J connectivity index is 2.20. The highest BCUT2D eigenvalue weighted by atomic mass is 16.6. The van der Waals surface area contributed by atoms with Crippen molar-refractivity contribution in [3.05, 3.63) is 28.3 Å². The zero-order valence-corrected chi connectivity index (χ0v) is 12.2. The SMILES string of the molecule is CCC1CCC(N(C)c2cccc(N)c2[N+](=O)[O-])CC1. The fourth-order valence-electron chi connectivity index (χ4n) is 3.17. The topological polar surface area (TPSA) is 72.4 Å². The Morgan fingerprint density at radius 1 is 1.35 bits per heavy atom. The van der Waals surface area contributed by atoms with Crippen molar-refractivity contribution in [2.45, 2.75) is 45.1 Å². The maximum absolute atomic E-state index is 11.2. The lowest BCUT2D eigenvalue weighted by Gasteiger charge is -2.35. The summed E-state index contributed by atoms with van der Waals surface area (Å²) < 4.78 is 0. The second-order valence-corrected chi connectivity index (χ2v) is 5.67. The van der Waals surface area contributed by atoms with Gasteiger partial charge in [0.25, 0.3) is 0 Å². The van der Waals surface area contributed by atoms with Crippen molar-refractivity contribution in [2.24, 2.45) is 5.92 Å². The number of nitrogen functional groups attached to an aromatic ring is 1. The number of nitrogens with two attached hydrogens (primary N) is 1. The van der Waals surface area contributed by atoms with Crippen LogP contribution in [0.1, 0.15) is 39.0 Å². The highest BCUT2D eigenvalue weighted by molar-refractivity contribution is 5.75. The molecule has 0 bridgehead atoms. The molecule has 5 nitrogen and oxygen atoms in total. The van der Waals surface area contributed by atoms with E-state index in [2.05, 4.69) is 6.92 Å². The second-order valence-electron chi connectivity index (χ2n) is 5.67. The van der Waals surface area contributed by atoms with Crippen LogP contribution in [-0.2, 0) is 0 Å². The zero-order chi connectivity index (χ0) is 14.7. The van der Waals surface area contributed by atoms with E-state index in [0.29, 0.717) is 11.7 Å². The first-order valence-corrected chi connectivity index (χ1v) is 7.30. The predicted molar refractivity (Wildman–Crippen MR) is 81.9 cm³/mol. The minimum atomic E-state index is -0.376. The predicted octanol–water partition coefficient (Wildman–Crippen LogP) is 3.58. The Morgan fingerprint density at radius 3 is 2.55 bits per heavy atom. The lowest BCUT2D eigenvalue weighted by molar-refractivity contribution is -0.383. The van der Waals surface area contributed by atoms with Crippen LogP contribution in [-0.4, -0.2) is 18.0 Å². The van der Waals surface area contributed by atoms with E-state index in [1.807, 2.05) is 11.9 Å². The molecule has 5 heteroatoms. The van der Waals surface area contributed by atoms with E-state index >= 15 is 0 Å². The van der Waals surface area contributed by atoms with E-state index in [1.165, 1.54) is 19.3 Å². The normalized spacial score (nSPS) is 22.5. The van der Waals surface area contributed by atoms with Gasteiger partial charge in [-0.3, -0.25) is 10.1 Å². The van der Waals surface area contributed by atoms with Crippen LogP contribution in [0.3, 0.4) is 0 Å². The molecule has 0 spiro atoms. The van der Waals surface area contributed by atoms with Gasteiger partial charge in [0.15, 0.2) is 0 Å². The molecule has 0 saturated heterocycles. The van der Waals surface area contributed by atoms with Gasteiger partial charge in [0.05, 0.1) is 4.92 Å². The van der Waals surface area contributed by atoms with Crippen LogP contribution in [0.25, 0.3) is 0 Å². The summed E-state index contributed by atoms with van der Waals surface area (Å²) in [5, 5.41) is 11.2. The van der Waals surface area contributed by atoms with Crippen molar-refractivity contribution in [1.29, 1.82) is 0 Å². The number of nitro groups is 1. The zero-order valence-electron chi connectivity index (χ0n) is 12.2. The molecule has 1 aromatic carbocycles. The fourth-order valence-corrected chi connectivity index (χ4v) is 3.17. The van der Waals surface area contributed by atoms with Gasteiger partial charge in [-0.1, -0.05) is 19.4 Å². The minimum Gasteiger partial charge on any atom is -0.393 e. The summed E-state index contributed by atoms with van der Waals surface area (Å²) in [4.78, 5) is 12.9. The lowest BCUT2D eigenvalue weighted by Crippen LogP contribution is -2.35. The maximum atomic E-state index is 11.2. The summed E-state index contributed by atoms with van der Waals surface area (Å²) in [7, 11) is 1.94. The first-order valence-electron chi connectivity index (χ1n) is 7.30. The van der Waals surface area contributed by atoms with Gasteiger partial charge < -0.3 is 10.6 Å². The van der Waals surface area contributed by atoms with Crippen LogP contribution in [0.4, 0.5) is 17.1 Å². The summed E-state index contributed by atoms with van der Waals surface area (Å²) in [5.74, 6) is 0.815. The molecule has 20 heavy (non-hydrogen) atoms. The van der Waals surface area contributed by atoms with Crippen molar-refractivity contribution in [3.63, 3.8) is 0 Å². The molecule has 1 aliphatic rings. The molecule has 0 aromatic heterocycles. The standard InChI is InChI=1S/C15H23N3O2/c1-3-11-7-9-12(10-8-11)17(2)14-6-4-5-13(16)15(14)18(19)20/h4-6,11-12H,3,7-10,16H2,1-2H3. The molecule has 0 aliphatic heterocycles. The van der Waals surface area contributed by atoms with Crippen LogP contribution in [0, 0.1) is 16.0 Å². The van der Waals surface area contributed by atoms with Gasteiger partial charge in [0.1, 0.15) is 11.4 Å². The average molecular weight is 277 g/mol. The third kappa shape index (κ3) is 2.86. The van der Waals surface area contributed by atoms with Crippen molar-refractivity contribution < 1.29 is 4.92 Å². The number of anilines is 2. The smallest absolute Gasteiger partial charge is 0.315 e. The van der Waals surface area contributed by atoms with Gasteiger partial charge in [0, 0.05) is 13.1 Å². The van der Waals surface area contributed by atoms with Crippen LogP contribution >= 0.6 is 0 Å². The Morgan fingerprint density at radius 2 is 2.00 bits per heavy atom. The number of para-hydroxylation sites is 1. The van der Waals surface area contributed by atoms with Gasteiger partial charge in [-0.05, 0) is 43.7 Å². The number of nitro benzene ring substituents is 1. The molecule has 1 fully saturated rings. The largest absolute Gasteiger partial charge is 0.393 e. The van der Waals surface area contributed by atoms with Crippen LogP contribution < -0.4 is 10.6 Å². The average Bonchev–Trinajstić information content (AvgIpc) is 2.46. The van der Waals surface area contributed by atoms with Crippen molar-refractivity contribution in [3.8, 4) is 0 Å². The van der Waals surface area contributed by atoms with Gasteiger partial charge >= 0.3 is 5.69 Å². The summed E-state index contributed by atoms with van der Waals surface area (Å²) >= 11 is 0. The number of hydrogen-bond acceptors (Lipinski definition) is 4. The number of rotatable bonds is 4. The molecule has 1 saturated carbocycles. The molecular weight excluding hydrogens is 254 g/mol. The first kappa shape index (κ1) is 14.6. The molecule has 2 rings (SSSR count). The van der Waals surface area contributed by atoms with Crippen molar-refractivity contribution in [1.82, 2.24) is 0 Å². The molecule has 0 atom stereocenters. The molecule has 0 radical (unpaired) electrons. The van der Waals surface area contributed by atoms with E-state index in [0.717, 1.165) is 18.8 Å². The molecule has 0 amide bonds. The van der Waals surface area contributed by atoms with Crippen LogP contribution in [0.5, 0.6) is 0 Å². The van der Waals surface area contributed by atoms with Gasteiger partial charge in [-0.15, -0.1) is 0 Å². The Hall–Kier alpha value is -1.78. The van der Waals surface area contributed by atoms with E-state index < -0.39 is 0 Å².